The van der Waals surface area contributed by atoms with Gasteiger partial charge >= 0.3 is 0 Å². The molecular weight excluding hydrogens is 458 g/mol. The second-order valence-electron chi connectivity index (χ2n) is 12.2. The van der Waals surface area contributed by atoms with Crippen molar-refractivity contribution < 1.29 is 0 Å². The van der Waals surface area contributed by atoms with Crippen LogP contribution in [0.15, 0.2) is 97.1 Å². The molecule has 184 valence electrons. The van der Waals surface area contributed by atoms with Crippen LogP contribution in [0.2, 0.25) is 0 Å². The minimum atomic E-state index is -0.0850. The number of benzene rings is 5. The molecule has 0 aromatic heterocycles. The Morgan fingerprint density at radius 2 is 0.947 bits per heavy atom. The highest BCUT2D eigenvalue weighted by Gasteiger charge is 2.42. The van der Waals surface area contributed by atoms with E-state index in [2.05, 4.69) is 137 Å². The number of fused-ring (bicyclic) bond motifs is 13. The predicted octanol–water partition coefficient (Wildman–Crippen LogP) is 9.71. The van der Waals surface area contributed by atoms with Crippen molar-refractivity contribution in [2.24, 2.45) is 0 Å². The molecule has 0 atom stereocenters. The first-order valence-electron chi connectivity index (χ1n) is 13.7. The van der Waals surface area contributed by atoms with Crippen molar-refractivity contribution in [2.45, 2.75) is 38.5 Å². The standard InChI is InChI=1S/C37H31N/c1-36(2)28-17-11-9-15-26(28)32-29(36)19-21-30-33(32)23-13-6-7-14-24(23)34-31(38(30)5)20-18-25-22-12-8-10-16-27(22)37(3,4)35(25)34/h6-21H,1-5H3. The van der Waals surface area contributed by atoms with Crippen LogP contribution in [-0.4, -0.2) is 7.05 Å². The zero-order chi connectivity index (χ0) is 26.0. The van der Waals surface area contributed by atoms with Crippen LogP contribution in [0.25, 0.3) is 44.5 Å². The molecule has 0 spiro atoms. The Balaban J connectivity index is 1.52. The third-order valence-corrected chi connectivity index (χ3v) is 9.61. The van der Waals surface area contributed by atoms with Gasteiger partial charge in [0.2, 0.25) is 0 Å². The summed E-state index contributed by atoms with van der Waals surface area (Å²) < 4.78 is 0. The maximum absolute atomic E-state index is 2.44. The first-order valence-corrected chi connectivity index (χ1v) is 13.7. The van der Waals surface area contributed by atoms with Gasteiger partial charge in [-0.2, -0.15) is 0 Å². The lowest BCUT2D eigenvalue weighted by Crippen LogP contribution is -2.18. The molecule has 0 saturated heterocycles. The highest BCUT2D eigenvalue weighted by Crippen LogP contribution is 2.61. The van der Waals surface area contributed by atoms with E-state index in [9.17, 15) is 0 Å². The maximum Gasteiger partial charge on any atom is 0.0494 e. The van der Waals surface area contributed by atoms with Gasteiger partial charge in [-0.15, -0.1) is 0 Å². The van der Waals surface area contributed by atoms with Crippen LogP contribution < -0.4 is 4.90 Å². The number of anilines is 2. The topological polar surface area (TPSA) is 3.24 Å². The van der Waals surface area contributed by atoms with E-state index >= 15 is 0 Å². The van der Waals surface area contributed by atoms with Gasteiger partial charge in [-0.25, -0.2) is 0 Å². The number of rotatable bonds is 0. The smallest absolute Gasteiger partial charge is 0.0494 e. The zero-order valence-corrected chi connectivity index (χ0v) is 22.7. The van der Waals surface area contributed by atoms with E-state index in [4.69, 9.17) is 0 Å². The van der Waals surface area contributed by atoms with Crippen LogP contribution in [0.3, 0.4) is 0 Å². The molecule has 1 heteroatoms. The van der Waals surface area contributed by atoms with E-state index in [-0.39, 0.29) is 10.8 Å². The van der Waals surface area contributed by atoms with Crippen molar-refractivity contribution in [2.75, 3.05) is 11.9 Å². The van der Waals surface area contributed by atoms with Gasteiger partial charge in [-0.05, 0) is 67.8 Å². The number of hydrogen-bond acceptors (Lipinski definition) is 1. The Morgan fingerprint density at radius 3 is 1.66 bits per heavy atom. The number of hydrogen-bond donors (Lipinski definition) is 0. The van der Waals surface area contributed by atoms with Crippen LogP contribution in [0.5, 0.6) is 0 Å². The molecule has 0 saturated carbocycles. The lowest BCUT2D eigenvalue weighted by molar-refractivity contribution is 0.660. The monoisotopic (exact) mass is 489 g/mol. The molecule has 0 radical (unpaired) electrons. The van der Waals surface area contributed by atoms with E-state index in [0.717, 1.165) is 0 Å². The minimum absolute atomic E-state index is 0.0293. The molecule has 0 bridgehead atoms. The average Bonchev–Trinajstić information content (AvgIpc) is 3.27. The van der Waals surface area contributed by atoms with Crippen LogP contribution in [0, 0.1) is 0 Å². The highest BCUT2D eigenvalue weighted by molar-refractivity contribution is 6.09. The summed E-state index contributed by atoms with van der Waals surface area (Å²) in [6.07, 6.45) is 0. The van der Waals surface area contributed by atoms with Gasteiger partial charge < -0.3 is 4.90 Å². The summed E-state index contributed by atoms with van der Waals surface area (Å²) in [5, 5.41) is 0. The van der Waals surface area contributed by atoms with Crippen molar-refractivity contribution in [1.82, 2.24) is 0 Å². The molecule has 1 nitrogen and oxygen atoms in total. The van der Waals surface area contributed by atoms with Crippen LogP contribution in [-0.2, 0) is 10.8 Å². The molecule has 5 aromatic carbocycles. The first kappa shape index (κ1) is 21.9. The third-order valence-electron chi connectivity index (χ3n) is 9.61. The van der Waals surface area contributed by atoms with E-state index in [1.54, 1.807) is 0 Å². The summed E-state index contributed by atoms with van der Waals surface area (Å²) in [6, 6.07) is 36.5. The lowest BCUT2D eigenvalue weighted by atomic mass is 9.77. The van der Waals surface area contributed by atoms with Crippen LogP contribution in [0.1, 0.15) is 49.9 Å². The molecule has 0 N–H and O–H groups in total. The van der Waals surface area contributed by atoms with E-state index in [0.29, 0.717) is 0 Å². The number of nitrogens with zero attached hydrogens (tertiary/aromatic N) is 1. The summed E-state index contributed by atoms with van der Waals surface area (Å²) >= 11 is 0. The van der Waals surface area contributed by atoms with Crippen LogP contribution >= 0.6 is 0 Å². The summed E-state index contributed by atoms with van der Waals surface area (Å²) in [5.41, 5.74) is 19.0. The summed E-state index contributed by atoms with van der Waals surface area (Å²) in [7, 11) is 2.25. The van der Waals surface area contributed by atoms with Gasteiger partial charge in [0.15, 0.2) is 0 Å². The van der Waals surface area contributed by atoms with Crippen molar-refractivity contribution >= 4 is 11.4 Å². The van der Waals surface area contributed by atoms with Gasteiger partial charge in [0.25, 0.3) is 0 Å². The Hall–Kier alpha value is -4.10. The Kier molecular flexibility index (Phi) is 4.07. The van der Waals surface area contributed by atoms with Crippen molar-refractivity contribution in [1.29, 1.82) is 0 Å². The normalized spacial score (nSPS) is 16.4. The maximum atomic E-state index is 2.44. The van der Waals surface area contributed by atoms with Crippen LogP contribution in [0.4, 0.5) is 11.4 Å². The van der Waals surface area contributed by atoms with Gasteiger partial charge in [0.1, 0.15) is 0 Å². The SMILES string of the molecule is CN1c2ccc3c(c2-c2ccccc2-c2c1ccc1c2C(C)(C)c2ccccc2-1)-c1ccccc1C3(C)C. The molecule has 5 aromatic rings. The quantitative estimate of drug-likeness (QED) is 0.209. The third kappa shape index (κ3) is 2.48. The molecule has 1 heterocycles. The fourth-order valence-corrected chi connectivity index (χ4v) is 7.80. The van der Waals surface area contributed by atoms with Gasteiger partial charge in [-0.1, -0.05) is 113 Å². The summed E-state index contributed by atoms with van der Waals surface area (Å²) in [6.45, 7) is 9.54. The molecule has 0 amide bonds. The van der Waals surface area contributed by atoms with E-state index < -0.39 is 0 Å². The molecule has 1 aliphatic heterocycles. The van der Waals surface area contributed by atoms with E-state index in [1.165, 1.54) is 78.1 Å². The fraction of sp³-hybridized carbons (Fsp3) is 0.189. The van der Waals surface area contributed by atoms with Crippen molar-refractivity contribution in [3.8, 4) is 44.5 Å². The van der Waals surface area contributed by atoms with Gasteiger partial charge in [0, 0.05) is 40.4 Å². The fourth-order valence-electron chi connectivity index (χ4n) is 7.80. The molecule has 0 fully saturated rings. The molecule has 3 aliphatic rings. The second kappa shape index (κ2) is 7.05. The lowest BCUT2D eigenvalue weighted by Gasteiger charge is -2.29. The average molecular weight is 490 g/mol. The largest absolute Gasteiger partial charge is 0.344 e. The molecular formula is C37H31N. The van der Waals surface area contributed by atoms with Gasteiger partial charge in [-0.3, -0.25) is 0 Å². The molecule has 38 heavy (non-hydrogen) atoms. The highest BCUT2D eigenvalue weighted by atomic mass is 15.1. The molecule has 8 rings (SSSR count). The molecule has 0 unspecified atom stereocenters. The Bertz CT molecular complexity index is 1830. The second-order valence-corrected chi connectivity index (χ2v) is 12.2. The first-order chi connectivity index (χ1) is 18.3. The Labute approximate surface area is 225 Å². The minimum Gasteiger partial charge on any atom is -0.344 e. The van der Waals surface area contributed by atoms with E-state index in [1.807, 2.05) is 0 Å². The zero-order valence-electron chi connectivity index (χ0n) is 22.7. The van der Waals surface area contributed by atoms with Gasteiger partial charge in [0.05, 0.1) is 0 Å². The Morgan fingerprint density at radius 1 is 0.421 bits per heavy atom. The summed E-state index contributed by atoms with van der Waals surface area (Å²) in [4.78, 5) is 2.44. The van der Waals surface area contributed by atoms with Crippen molar-refractivity contribution in [3.05, 3.63) is 119 Å². The predicted molar refractivity (Wildman–Crippen MR) is 161 cm³/mol. The van der Waals surface area contributed by atoms with Crippen molar-refractivity contribution in [3.63, 3.8) is 0 Å². The molecule has 2 aliphatic carbocycles. The summed E-state index contributed by atoms with van der Waals surface area (Å²) in [5.74, 6) is 0.